The molecule has 0 amide bonds. The lowest BCUT2D eigenvalue weighted by Gasteiger charge is -2.12. The van der Waals surface area contributed by atoms with Crippen LogP contribution < -0.4 is 5.48 Å². The zero-order chi connectivity index (χ0) is 10.5. The molecule has 0 radical (unpaired) electrons. The highest BCUT2D eigenvalue weighted by Crippen LogP contribution is 2.20. The molecule has 2 nitrogen and oxygen atoms in total. The van der Waals surface area contributed by atoms with Crippen LogP contribution in [0.2, 0.25) is 0 Å². The molecule has 0 bridgehead atoms. The summed E-state index contributed by atoms with van der Waals surface area (Å²) in [5.74, 6) is 0. The first-order valence-electron chi connectivity index (χ1n) is 5.48. The highest BCUT2D eigenvalue weighted by Gasteiger charge is 2.15. The van der Waals surface area contributed by atoms with Crippen LogP contribution in [-0.2, 0) is 11.4 Å². The van der Waals surface area contributed by atoms with E-state index in [1.165, 1.54) is 31.2 Å². The van der Waals surface area contributed by atoms with Gasteiger partial charge in [0.05, 0.1) is 6.10 Å². The van der Waals surface area contributed by atoms with Gasteiger partial charge in [-0.2, -0.15) is 5.48 Å². The standard InChI is InChI=1S/C12H16BrNO/c13-12-8-4-1-5-10(12)9-14-15-11-6-2-3-7-11/h1,4-5,8,11,14H,2-3,6-7,9H2. The quantitative estimate of drug-likeness (QED) is 0.846. The Labute approximate surface area is 99.1 Å². The Kier molecular flexibility index (Phi) is 4.18. The Morgan fingerprint density at radius 2 is 2.00 bits per heavy atom. The smallest absolute Gasteiger partial charge is 0.0790 e. The van der Waals surface area contributed by atoms with Gasteiger partial charge in [-0.25, -0.2) is 0 Å². The van der Waals surface area contributed by atoms with Crippen molar-refractivity contribution in [2.75, 3.05) is 0 Å². The lowest BCUT2D eigenvalue weighted by molar-refractivity contribution is -0.0244. The summed E-state index contributed by atoms with van der Waals surface area (Å²) in [5, 5.41) is 0. The fraction of sp³-hybridized carbons (Fsp3) is 0.500. The second kappa shape index (κ2) is 5.64. The first-order chi connectivity index (χ1) is 7.36. The lowest BCUT2D eigenvalue weighted by Crippen LogP contribution is -2.21. The SMILES string of the molecule is Brc1ccccc1CNOC1CCCC1. The predicted octanol–water partition coefficient (Wildman–Crippen LogP) is 3.41. The zero-order valence-corrected chi connectivity index (χ0v) is 10.3. The van der Waals surface area contributed by atoms with Gasteiger partial charge in [-0.15, -0.1) is 0 Å². The van der Waals surface area contributed by atoms with Crippen molar-refractivity contribution in [1.29, 1.82) is 0 Å². The van der Waals surface area contributed by atoms with Crippen molar-refractivity contribution in [3.05, 3.63) is 34.3 Å². The van der Waals surface area contributed by atoms with E-state index in [1.807, 2.05) is 18.2 Å². The predicted molar refractivity (Wildman–Crippen MR) is 64.3 cm³/mol. The molecule has 1 N–H and O–H groups in total. The minimum Gasteiger partial charge on any atom is -0.298 e. The van der Waals surface area contributed by atoms with Crippen LogP contribution in [0.25, 0.3) is 0 Å². The molecule has 0 aromatic heterocycles. The first-order valence-corrected chi connectivity index (χ1v) is 6.27. The zero-order valence-electron chi connectivity index (χ0n) is 8.71. The number of hydrogen-bond donors (Lipinski definition) is 1. The maximum atomic E-state index is 5.59. The Bertz CT molecular complexity index is 310. The van der Waals surface area contributed by atoms with Crippen LogP contribution in [0.4, 0.5) is 0 Å². The van der Waals surface area contributed by atoms with Gasteiger partial charge in [-0.3, -0.25) is 4.84 Å². The molecule has 1 aromatic rings. The van der Waals surface area contributed by atoms with E-state index in [-0.39, 0.29) is 0 Å². The summed E-state index contributed by atoms with van der Waals surface area (Å²) in [6.07, 6.45) is 5.43. The van der Waals surface area contributed by atoms with Crippen LogP contribution >= 0.6 is 15.9 Å². The number of nitrogens with one attached hydrogen (secondary N) is 1. The Morgan fingerprint density at radius 3 is 2.73 bits per heavy atom. The van der Waals surface area contributed by atoms with Gasteiger partial charge < -0.3 is 0 Å². The molecular weight excluding hydrogens is 254 g/mol. The molecule has 1 saturated carbocycles. The highest BCUT2D eigenvalue weighted by molar-refractivity contribution is 9.10. The molecule has 1 aliphatic rings. The van der Waals surface area contributed by atoms with Gasteiger partial charge in [0, 0.05) is 11.0 Å². The Hall–Kier alpha value is -0.380. The summed E-state index contributed by atoms with van der Waals surface area (Å²) in [6, 6.07) is 8.20. The average molecular weight is 270 g/mol. The van der Waals surface area contributed by atoms with Gasteiger partial charge in [0.15, 0.2) is 0 Å². The summed E-state index contributed by atoms with van der Waals surface area (Å²) in [6.45, 7) is 0.762. The largest absolute Gasteiger partial charge is 0.298 e. The van der Waals surface area contributed by atoms with E-state index in [2.05, 4.69) is 27.5 Å². The fourth-order valence-corrected chi connectivity index (χ4v) is 2.31. The maximum Gasteiger partial charge on any atom is 0.0790 e. The van der Waals surface area contributed by atoms with Crippen molar-refractivity contribution in [3.8, 4) is 0 Å². The second-order valence-electron chi connectivity index (χ2n) is 3.94. The topological polar surface area (TPSA) is 21.3 Å². The summed E-state index contributed by atoms with van der Waals surface area (Å²) >= 11 is 3.51. The van der Waals surface area contributed by atoms with Gasteiger partial charge in [0.1, 0.15) is 0 Å². The lowest BCUT2D eigenvalue weighted by atomic mass is 10.2. The molecule has 15 heavy (non-hydrogen) atoms. The normalized spacial score (nSPS) is 17.1. The van der Waals surface area contributed by atoms with Crippen LogP contribution in [-0.4, -0.2) is 6.10 Å². The molecule has 0 atom stereocenters. The minimum absolute atomic E-state index is 0.424. The summed E-state index contributed by atoms with van der Waals surface area (Å²) < 4.78 is 1.13. The summed E-state index contributed by atoms with van der Waals surface area (Å²) in [5.41, 5.74) is 4.29. The average Bonchev–Trinajstić information content (AvgIpc) is 2.74. The molecule has 1 aromatic carbocycles. The van der Waals surface area contributed by atoms with E-state index in [9.17, 15) is 0 Å². The van der Waals surface area contributed by atoms with E-state index in [0.29, 0.717) is 6.10 Å². The van der Waals surface area contributed by atoms with Crippen molar-refractivity contribution in [2.24, 2.45) is 0 Å². The molecule has 0 heterocycles. The van der Waals surface area contributed by atoms with Gasteiger partial charge in [0.25, 0.3) is 0 Å². The van der Waals surface area contributed by atoms with Crippen molar-refractivity contribution < 1.29 is 4.84 Å². The highest BCUT2D eigenvalue weighted by atomic mass is 79.9. The summed E-state index contributed by atoms with van der Waals surface area (Å²) in [7, 11) is 0. The molecule has 0 unspecified atom stereocenters. The molecular formula is C12H16BrNO. The van der Waals surface area contributed by atoms with Crippen LogP contribution in [0, 0.1) is 0 Å². The monoisotopic (exact) mass is 269 g/mol. The van der Waals surface area contributed by atoms with Gasteiger partial charge >= 0.3 is 0 Å². The molecule has 0 saturated heterocycles. The Balaban J connectivity index is 1.75. The number of rotatable bonds is 4. The first kappa shape index (κ1) is 11.1. The van der Waals surface area contributed by atoms with E-state index in [4.69, 9.17) is 4.84 Å². The molecule has 3 heteroatoms. The van der Waals surface area contributed by atoms with Crippen LogP contribution in [0.3, 0.4) is 0 Å². The van der Waals surface area contributed by atoms with E-state index in [1.54, 1.807) is 0 Å². The van der Waals surface area contributed by atoms with Crippen LogP contribution in [0.15, 0.2) is 28.7 Å². The van der Waals surface area contributed by atoms with E-state index < -0.39 is 0 Å². The van der Waals surface area contributed by atoms with Crippen molar-refractivity contribution >= 4 is 15.9 Å². The van der Waals surface area contributed by atoms with Crippen molar-refractivity contribution in [2.45, 2.75) is 38.3 Å². The van der Waals surface area contributed by atoms with Gasteiger partial charge in [-0.1, -0.05) is 47.0 Å². The number of hydrogen-bond acceptors (Lipinski definition) is 2. The number of benzene rings is 1. The molecule has 1 fully saturated rings. The molecule has 2 rings (SSSR count). The van der Waals surface area contributed by atoms with Crippen LogP contribution in [0.1, 0.15) is 31.2 Å². The maximum absolute atomic E-state index is 5.59. The number of halogens is 1. The van der Waals surface area contributed by atoms with Crippen LogP contribution in [0.5, 0.6) is 0 Å². The van der Waals surface area contributed by atoms with Gasteiger partial charge in [0.2, 0.25) is 0 Å². The van der Waals surface area contributed by atoms with E-state index >= 15 is 0 Å². The third-order valence-corrected chi connectivity index (χ3v) is 3.55. The molecule has 0 spiro atoms. The minimum atomic E-state index is 0.424. The number of hydroxylamine groups is 1. The van der Waals surface area contributed by atoms with Gasteiger partial charge in [-0.05, 0) is 24.5 Å². The Morgan fingerprint density at radius 1 is 1.27 bits per heavy atom. The second-order valence-corrected chi connectivity index (χ2v) is 4.79. The fourth-order valence-electron chi connectivity index (χ4n) is 1.89. The van der Waals surface area contributed by atoms with E-state index in [0.717, 1.165) is 11.0 Å². The third-order valence-electron chi connectivity index (χ3n) is 2.77. The van der Waals surface area contributed by atoms with Crippen molar-refractivity contribution in [3.63, 3.8) is 0 Å². The van der Waals surface area contributed by atoms with Crippen molar-refractivity contribution in [1.82, 2.24) is 5.48 Å². The third kappa shape index (κ3) is 3.30. The summed E-state index contributed by atoms with van der Waals surface area (Å²) in [4.78, 5) is 5.59. The molecule has 0 aliphatic heterocycles. The molecule has 82 valence electrons. The molecule has 1 aliphatic carbocycles.